The van der Waals surface area contributed by atoms with Crippen molar-refractivity contribution >= 4 is 11.6 Å². The Hall–Kier alpha value is -1.41. The smallest absolute Gasteiger partial charge is 0.126 e. The molecule has 0 amide bonds. The van der Waals surface area contributed by atoms with Crippen LogP contribution < -0.4 is 0 Å². The van der Waals surface area contributed by atoms with E-state index in [2.05, 4.69) is 0 Å². The Morgan fingerprint density at radius 1 is 1.00 bits per heavy atom. The standard InChI is InChI=1S/C15H13ClF2/c16-10-13(11-4-2-1-3-5-11)8-12-9-14(17)6-7-15(12)18/h1-7,9,13H,8,10H2. The summed E-state index contributed by atoms with van der Waals surface area (Å²) in [5.41, 5.74) is 1.40. The van der Waals surface area contributed by atoms with Crippen molar-refractivity contribution in [3.63, 3.8) is 0 Å². The second-order valence-electron chi connectivity index (χ2n) is 4.20. The first-order valence-corrected chi connectivity index (χ1v) is 6.29. The average molecular weight is 267 g/mol. The van der Waals surface area contributed by atoms with E-state index in [4.69, 9.17) is 11.6 Å². The molecule has 0 fully saturated rings. The minimum atomic E-state index is -0.423. The van der Waals surface area contributed by atoms with Crippen LogP contribution in [0.4, 0.5) is 8.78 Å². The van der Waals surface area contributed by atoms with Gasteiger partial charge in [-0.2, -0.15) is 0 Å². The van der Waals surface area contributed by atoms with Crippen molar-refractivity contribution in [1.82, 2.24) is 0 Å². The zero-order chi connectivity index (χ0) is 13.0. The van der Waals surface area contributed by atoms with Gasteiger partial charge in [0.05, 0.1) is 0 Å². The minimum Gasteiger partial charge on any atom is -0.207 e. The zero-order valence-electron chi connectivity index (χ0n) is 9.74. The Morgan fingerprint density at radius 2 is 1.72 bits per heavy atom. The van der Waals surface area contributed by atoms with Gasteiger partial charge < -0.3 is 0 Å². The summed E-state index contributed by atoms with van der Waals surface area (Å²) >= 11 is 5.93. The van der Waals surface area contributed by atoms with Gasteiger partial charge in [0.25, 0.3) is 0 Å². The number of halogens is 3. The van der Waals surface area contributed by atoms with Gasteiger partial charge in [-0.3, -0.25) is 0 Å². The third kappa shape index (κ3) is 3.08. The van der Waals surface area contributed by atoms with E-state index in [1.54, 1.807) is 0 Å². The fraction of sp³-hybridized carbons (Fsp3) is 0.200. The van der Waals surface area contributed by atoms with Gasteiger partial charge in [-0.25, -0.2) is 8.78 Å². The van der Waals surface area contributed by atoms with Gasteiger partial charge in [0.1, 0.15) is 11.6 Å². The Kier molecular flexibility index (Phi) is 4.32. The lowest BCUT2D eigenvalue weighted by Crippen LogP contribution is -2.06. The summed E-state index contributed by atoms with van der Waals surface area (Å²) in [5, 5.41) is 0. The number of benzene rings is 2. The Bertz CT molecular complexity index is 511. The molecule has 0 spiro atoms. The Morgan fingerprint density at radius 3 is 2.39 bits per heavy atom. The van der Waals surface area contributed by atoms with E-state index in [1.807, 2.05) is 30.3 Å². The van der Waals surface area contributed by atoms with Gasteiger partial charge in [-0.1, -0.05) is 30.3 Å². The van der Waals surface area contributed by atoms with Gasteiger partial charge in [0, 0.05) is 11.8 Å². The maximum absolute atomic E-state index is 13.6. The number of hydrogen-bond acceptors (Lipinski definition) is 0. The summed E-state index contributed by atoms with van der Waals surface area (Å²) in [7, 11) is 0. The minimum absolute atomic E-state index is 0.0100. The zero-order valence-corrected chi connectivity index (χ0v) is 10.5. The highest BCUT2D eigenvalue weighted by atomic mass is 35.5. The van der Waals surface area contributed by atoms with Crippen molar-refractivity contribution in [2.45, 2.75) is 12.3 Å². The van der Waals surface area contributed by atoms with Crippen molar-refractivity contribution in [1.29, 1.82) is 0 Å². The van der Waals surface area contributed by atoms with Crippen LogP contribution in [0.25, 0.3) is 0 Å². The molecule has 0 aliphatic heterocycles. The third-order valence-electron chi connectivity index (χ3n) is 2.93. The molecular formula is C15H13ClF2. The lowest BCUT2D eigenvalue weighted by molar-refractivity contribution is 0.576. The SMILES string of the molecule is Fc1ccc(F)c(CC(CCl)c2ccccc2)c1. The molecule has 18 heavy (non-hydrogen) atoms. The van der Waals surface area contributed by atoms with Crippen LogP contribution in [0.5, 0.6) is 0 Å². The molecule has 0 radical (unpaired) electrons. The molecular weight excluding hydrogens is 254 g/mol. The van der Waals surface area contributed by atoms with E-state index in [0.717, 1.165) is 17.7 Å². The Balaban J connectivity index is 2.23. The number of hydrogen-bond donors (Lipinski definition) is 0. The highest BCUT2D eigenvalue weighted by Gasteiger charge is 2.14. The largest absolute Gasteiger partial charge is 0.207 e. The number of alkyl halides is 1. The quantitative estimate of drug-likeness (QED) is 0.713. The topological polar surface area (TPSA) is 0 Å². The molecule has 2 aromatic carbocycles. The van der Waals surface area contributed by atoms with Gasteiger partial charge in [0.15, 0.2) is 0 Å². The first kappa shape index (κ1) is 13.0. The summed E-state index contributed by atoms with van der Waals surface area (Å²) in [5.74, 6) is -0.445. The fourth-order valence-corrected chi connectivity index (χ4v) is 2.24. The second-order valence-corrected chi connectivity index (χ2v) is 4.51. The lowest BCUT2D eigenvalue weighted by atomic mass is 9.93. The highest BCUT2D eigenvalue weighted by Crippen LogP contribution is 2.24. The molecule has 0 saturated carbocycles. The average Bonchev–Trinajstić information content (AvgIpc) is 2.41. The van der Waals surface area contributed by atoms with E-state index < -0.39 is 5.82 Å². The van der Waals surface area contributed by atoms with Crippen molar-refractivity contribution in [2.24, 2.45) is 0 Å². The first-order chi connectivity index (χ1) is 8.70. The summed E-state index contributed by atoms with van der Waals surface area (Å²) in [6.07, 6.45) is 0.400. The second kappa shape index (κ2) is 5.96. The molecule has 0 aromatic heterocycles. The van der Waals surface area contributed by atoms with E-state index in [-0.39, 0.29) is 11.7 Å². The van der Waals surface area contributed by atoms with Crippen LogP contribution in [0.15, 0.2) is 48.5 Å². The summed E-state index contributed by atoms with van der Waals surface area (Å²) < 4.78 is 26.7. The van der Waals surface area contributed by atoms with E-state index in [0.29, 0.717) is 17.9 Å². The van der Waals surface area contributed by atoms with Crippen molar-refractivity contribution in [3.05, 3.63) is 71.3 Å². The molecule has 2 rings (SSSR count). The molecule has 2 aromatic rings. The molecule has 0 aliphatic rings. The van der Waals surface area contributed by atoms with Crippen LogP contribution in [-0.2, 0) is 6.42 Å². The molecule has 0 aliphatic carbocycles. The molecule has 3 heteroatoms. The van der Waals surface area contributed by atoms with Crippen LogP contribution in [0.2, 0.25) is 0 Å². The molecule has 0 bridgehead atoms. The van der Waals surface area contributed by atoms with Crippen molar-refractivity contribution in [2.75, 3.05) is 5.88 Å². The van der Waals surface area contributed by atoms with E-state index in [1.165, 1.54) is 6.07 Å². The highest BCUT2D eigenvalue weighted by molar-refractivity contribution is 6.18. The van der Waals surface area contributed by atoms with Crippen LogP contribution in [0.3, 0.4) is 0 Å². The van der Waals surface area contributed by atoms with Crippen molar-refractivity contribution in [3.8, 4) is 0 Å². The maximum atomic E-state index is 13.6. The van der Waals surface area contributed by atoms with Gasteiger partial charge in [0.2, 0.25) is 0 Å². The molecule has 0 N–H and O–H groups in total. The monoisotopic (exact) mass is 266 g/mol. The molecule has 94 valence electrons. The summed E-state index contributed by atoms with van der Waals surface area (Å²) in [6.45, 7) is 0. The van der Waals surface area contributed by atoms with Crippen LogP contribution in [0.1, 0.15) is 17.0 Å². The maximum Gasteiger partial charge on any atom is 0.126 e. The predicted molar refractivity (Wildman–Crippen MR) is 70.0 cm³/mol. The predicted octanol–water partition coefficient (Wildman–Crippen LogP) is 4.53. The van der Waals surface area contributed by atoms with Crippen LogP contribution in [0, 0.1) is 11.6 Å². The van der Waals surface area contributed by atoms with E-state index in [9.17, 15) is 8.78 Å². The van der Waals surface area contributed by atoms with Gasteiger partial charge in [-0.05, 0) is 35.7 Å². The van der Waals surface area contributed by atoms with Gasteiger partial charge >= 0.3 is 0 Å². The lowest BCUT2D eigenvalue weighted by Gasteiger charge is -2.15. The Labute approximate surface area is 110 Å². The molecule has 0 heterocycles. The first-order valence-electron chi connectivity index (χ1n) is 5.75. The molecule has 0 nitrogen and oxygen atoms in total. The van der Waals surface area contributed by atoms with Gasteiger partial charge in [-0.15, -0.1) is 11.6 Å². The number of rotatable bonds is 4. The third-order valence-corrected chi connectivity index (χ3v) is 3.30. The molecule has 1 atom stereocenters. The molecule has 0 saturated heterocycles. The normalized spacial score (nSPS) is 12.4. The summed E-state index contributed by atoms with van der Waals surface area (Å²) in [6, 6.07) is 13.1. The fourth-order valence-electron chi connectivity index (χ4n) is 1.95. The van der Waals surface area contributed by atoms with E-state index >= 15 is 0 Å². The summed E-state index contributed by atoms with van der Waals surface area (Å²) in [4.78, 5) is 0. The van der Waals surface area contributed by atoms with Crippen LogP contribution >= 0.6 is 11.6 Å². The van der Waals surface area contributed by atoms with Crippen molar-refractivity contribution < 1.29 is 8.78 Å². The molecule has 1 unspecified atom stereocenters. The van der Waals surface area contributed by atoms with Crippen LogP contribution in [-0.4, -0.2) is 5.88 Å².